The van der Waals surface area contributed by atoms with Gasteiger partial charge in [0.25, 0.3) is 8.32 Å². The third-order valence-electron chi connectivity index (χ3n) is 5.49. The van der Waals surface area contributed by atoms with E-state index >= 15 is 0 Å². The number of carbonyl (C=O) groups is 1. The minimum absolute atomic E-state index is 0.0631. The zero-order valence-electron chi connectivity index (χ0n) is 18.4. The topological polar surface area (TPSA) is 26.3 Å². The van der Waals surface area contributed by atoms with Gasteiger partial charge >= 0.3 is 0 Å². The molecule has 0 aliphatic rings. The van der Waals surface area contributed by atoms with E-state index < -0.39 is 8.32 Å². The van der Waals surface area contributed by atoms with Crippen molar-refractivity contribution in [1.29, 1.82) is 0 Å². The molecule has 0 saturated heterocycles. The predicted molar refractivity (Wildman–Crippen MR) is 126 cm³/mol. The van der Waals surface area contributed by atoms with Crippen molar-refractivity contribution in [2.45, 2.75) is 70.9 Å². The Bertz CT molecular complexity index is 708. The van der Waals surface area contributed by atoms with Crippen LogP contribution in [0.25, 0.3) is 0 Å². The number of hydrogen-bond donors (Lipinski definition) is 0. The number of rotatable bonds is 11. The maximum absolute atomic E-state index is 11.1. The van der Waals surface area contributed by atoms with Crippen LogP contribution in [-0.2, 0) is 9.22 Å². The monoisotopic (exact) mass is 408 g/mol. The molecule has 0 radical (unpaired) electrons. The van der Waals surface area contributed by atoms with Crippen molar-refractivity contribution in [1.82, 2.24) is 0 Å². The molecule has 0 aromatic heterocycles. The quantitative estimate of drug-likeness (QED) is 0.208. The van der Waals surface area contributed by atoms with Gasteiger partial charge in [-0.05, 0) is 27.9 Å². The summed E-state index contributed by atoms with van der Waals surface area (Å²) in [5, 5.41) is 2.49. The zero-order chi connectivity index (χ0) is 21.2. The van der Waals surface area contributed by atoms with Crippen LogP contribution in [0.4, 0.5) is 0 Å². The Hall–Kier alpha value is -1.97. The fraction of sp³-hybridized carbons (Fsp3) is 0.423. The SMILES string of the molecule is CCCCCCC(/C=C/C=O)O[Si](c1ccccc1)(c1ccccc1)C(C)(C)C. The van der Waals surface area contributed by atoms with Gasteiger partial charge in [-0.1, -0.05) is 120 Å². The molecule has 29 heavy (non-hydrogen) atoms. The Morgan fingerprint density at radius 3 is 1.90 bits per heavy atom. The highest BCUT2D eigenvalue weighted by atomic mass is 28.4. The van der Waals surface area contributed by atoms with Crippen LogP contribution in [0.2, 0.25) is 5.04 Å². The van der Waals surface area contributed by atoms with E-state index in [2.05, 4.69) is 88.4 Å². The van der Waals surface area contributed by atoms with E-state index in [1.54, 1.807) is 6.08 Å². The lowest BCUT2D eigenvalue weighted by molar-refractivity contribution is -0.104. The molecule has 2 nitrogen and oxygen atoms in total. The first kappa shape index (κ1) is 23.3. The second kappa shape index (κ2) is 11.3. The van der Waals surface area contributed by atoms with E-state index in [1.165, 1.54) is 29.6 Å². The number of benzene rings is 2. The van der Waals surface area contributed by atoms with Gasteiger partial charge in [0, 0.05) is 0 Å². The maximum Gasteiger partial charge on any atom is 0.261 e. The molecule has 3 heteroatoms. The molecule has 0 spiro atoms. The zero-order valence-corrected chi connectivity index (χ0v) is 19.4. The first-order chi connectivity index (χ1) is 14.0. The molecular weight excluding hydrogens is 372 g/mol. The van der Waals surface area contributed by atoms with Crippen molar-refractivity contribution in [2.24, 2.45) is 0 Å². The van der Waals surface area contributed by atoms with Gasteiger partial charge in [0.05, 0.1) is 6.10 Å². The van der Waals surface area contributed by atoms with Crippen LogP contribution in [0.5, 0.6) is 0 Å². The highest BCUT2D eigenvalue weighted by molar-refractivity contribution is 6.99. The molecule has 1 unspecified atom stereocenters. The van der Waals surface area contributed by atoms with Gasteiger partial charge in [0.1, 0.15) is 6.29 Å². The highest BCUT2D eigenvalue weighted by Gasteiger charge is 2.51. The van der Waals surface area contributed by atoms with Gasteiger partial charge in [-0.3, -0.25) is 4.79 Å². The average molecular weight is 409 g/mol. The van der Waals surface area contributed by atoms with Gasteiger partial charge in [-0.15, -0.1) is 0 Å². The average Bonchev–Trinajstić information content (AvgIpc) is 2.73. The largest absolute Gasteiger partial charge is 0.401 e. The minimum atomic E-state index is -2.60. The van der Waals surface area contributed by atoms with E-state index in [1.807, 2.05) is 6.08 Å². The van der Waals surface area contributed by atoms with E-state index in [0.717, 1.165) is 19.1 Å². The highest BCUT2D eigenvalue weighted by Crippen LogP contribution is 2.38. The Balaban J connectivity index is 2.52. The Morgan fingerprint density at radius 1 is 0.897 bits per heavy atom. The minimum Gasteiger partial charge on any atom is -0.401 e. The van der Waals surface area contributed by atoms with Gasteiger partial charge < -0.3 is 4.43 Å². The van der Waals surface area contributed by atoms with E-state index in [-0.39, 0.29) is 11.1 Å². The van der Waals surface area contributed by atoms with Crippen molar-refractivity contribution in [3.8, 4) is 0 Å². The molecule has 2 rings (SSSR count). The second-order valence-corrected chi connectivity index (χ2v) is 12.9. The smallest absolute Gasteiger partial charge is 0.261 e. The van der Waals surface area contributed by atoms with Crippen molar-refractivity contribution < 1.29 is 9.22 Å². The number of carbonyl (C=O) groups excluding carboxylic acids is 1. The summed E-state index contributed by atoms with van der Waals surface area (Å²) >= 11 is 0. The lowest BCUT2D eigenvalue weighted by Gasteiger charge is -2.44. The van der Waals surface area contributed by atoms with Crippen LogP contribution >= 0.6 is 0 Å². The number of aldehydes is 1. The summed E-state index contributed by atoms with van der Waals surface area (Å²) in [7, 11) is -2.60. The number of hydrogen-bond acceptors (Lipinski definition) is 2. The third-order valence-corrected chi connectivity index (χ3v) is 10.6. The molecule has 0 bridgehead atoms. The fourth-order valence-electron chi connectivity index (χ4n) is 4.05. The summed E-state index contributed by atoms with van der Waals surface area (Å²) in [6.07, 6.45) is 10.0. The summed E-state index contributed by atoms with van der Waals surface area (Å²) < 4.78 is 7.15. The molecule has 0 fully saturated rings. The second-order valence-electron chi connectivity index (χ2n) is 8.69. The number of allylic oxidation sites excluding steroid dienone is 1. The Kier molecular flexibility index (Phi) is 9.06. The summed E-state index contributed by atoms with van der Waals surface area (Å²) in [4.78, 5) is 11.1. The number of unbranched alkanes of at least 4 members (excludes halogenated alkanes) is 3. The van der Waals surface area contributed by atoms with E-state index in [0.29, 0.717) is 0 Å². The lowest BCUT2D eigenvalue weighted by atomic mass is 10.1. The molecule has 2 aromatic rings. The molecule has 0 saturated carbocycles. The summed E-state index contributed by atoms with van der Waals surface area (Å²) in [6.45, 7) is 9.09. The third kappa shape index (κ3) is 6.00. The first-order valence-electron chi connectivity index (χ1n) is 10.9. The van der Waals surface area contributed by atoms with Crippen LogP contribution in [0, 0.1) is 0 Å². The van der Waals surface area contributed by atoms with Gasteiger partial charge in [0.2, 0.25) is 0 Å². The molecule has 2 aromatic carbocycles. The molecule has 156 valence electrons. The van der Waals surface area contributed by atoms with Crippen LogP contribution in [0.1, 0.15) is 59.8 Å². The van der Waals surface area contributed by atoms with E-state index in [9.17, 15) is 4.79 Å². The normalized spacial score (nSPS) is 13.5. The van der Waals surface area contributed by atoms with Gasteiger partial charge in [0.15, 0.2) is 0 Å². The van der Waals surface area contributed by atoms with Crippen LogP contribution < -0.4 is 10.4 Å². The Morgan fingerprint density at radius 2 is 1.45 bits per heavy atom. The van der Waals surface area contributed by atoms with Crippen LogP contribution in [0.15, 0.2) is 72.8 Å². The van der Waals surface area contributed by atoms with Crippen molar-refractivity contribution in [2.75, 3.05) is 0 Å². The molecule has 0 aliphatic carbocycles. The first-order valence-corrected chi connectivity index (χ1v) is 12.8. The van der Waals surface area contributed by atoms with Gasteiger partial charge in [-0.25, -0.2) is 0 Å². The maximum atomic E-state index is 11.1. The standard InChI is InChI=1S/C26H36O2Si/c1-5-6-7-10-16-23(17-15-22-27)28-29(26(2,3)4,24-18-11-8-12-19-24)25-20-13-9-14-21-25/h8-9,11-15,17-23H,5-7,10,16H2,1-4H3/b17-15+. The molecule has 1 atom stereocenters. The predicted octanol–water partition coefficient (Wildman–Crippen LogP) is 5.66. The van der Waals surface area contributed by atoms with Crippen LogP contribution in [0.3, 0.4) is 0 Å². The van der Waals surface area contributed by atoms with Crippen molar-refractivity contribution in [3.05, 3.63) is 72.8 Å². The summed E-state index contributed by atoms with van der Waals surface area (Å²) in [6, 6.07) is 21.4. The van der Waals surface area contributed by atoms with Crippen LogP contribution in [-0.4, -0.2) is 20.7 Å². The van der Waals surface area contributed by atoms with Crippen molar-refractivity contribution >= 4 is 25.0 Å². The molecule has 0 amide bonds. The van der Waals surface area contributed by atoms with Crippen molar-refractivity contribution in [3.63, 3.8) is 0 Å². The van der Waals surface area contributed by atoms with Gasteiger partial charge in [-0.2, -0.15) is 0 Å². The molecule has 0 aliphatic heterocycles. The summed E-state index contributed by atoms with van der Waals surface area (Å²) in [5.74, 6) is 0. The fourth-order valence-corrected chi connectivity index (χ4v) is 8.72. The summed E-state index contributed by atoms with van der Waals surface area (Å²) in [5.41, 5.74) is 0. The van der Waals surface area contributed by atoms with E-state index in [4.69, 9.17) is 4.43 Å². The molecule has 0 heterocycles. The lowest BCUT2D eigenvalue weighted by Crippen LogP contribution is -2.67. The molecular formula is C26H36O2Si. The Labute approximate surface area is 178 Å². The molecule has 0 N–H and O–H groups in total.